The first-order valence-corrected chi connectivity index (χ1v) is 6.21. The molecule has 3 heteroatoms. The van der Waals surface area contributed by atoms with Crippen molar-refractivity contribution in [3.05, 3.63) is 58.4 Å². The van der Waals surface area contributed by atoms with Crippen LogP contribution in [0.1, 0.15) is 32.9 Å². The fourth-order valence-corrected chi connectivity index (χ4v) is 2.08. The number of carbonyl (C=O) groups excluding carboxylic acids is 1. The van der Waals surface area contributed by atoms with Gasteiger partial charge in [-0.3, -0.25) is 4.79 Å². The fourth-order valence-electron chi connectivity index (χ4n) is 2.08. The molecular formula is C16H17NO2. The van der Waals surface area contributed by atoms with Crippen LogP contribution in [0.2, 0.25) is 0 Å². The molecule has 0 atom stereocenters. The Balaban J connectivity index is 2.16. The molecule has 0 aliphatic rings. The Morgan fingerprint density at radius 3 is 2.42 bits per heavy atom. The summed E-state index contributed by atoms with van der Waals surface area (Å²) in [5, 5.41) is 0. The number of nitrogens with zero attached hydrogens (tertiary/aromatic N) is 1. The molecule has 1 aromatic carbocycles. The number of pyridine rings is 1. The molecule has 19 heavy (non-hydrogen) atoms. The number of rotatable bonds is 4. The second kappa shape index (κ2) is 5.65. The Morgan fingerprint density at radius 2 is 1.79 bits per heavy atom. The van der Waals surface area contributed by atoms with Crippen molar-refractivity contribution in [2.45, 2.75) is 27.4 Å². The molecule has 0 amide bonds. The summed E-state index contributed by atoms with van der Waals surface area (Å²) in [7, 11) is 0. The van der Waals surface area contributed by atoms with Crippen molar-refractivity contribution >= 4 is 6.29 Å². The molecule has 2 rings (SSSR count). The lowest BCUT2D eigenvalue weighted by molar-refractivity contribution is 0.111. The van der Waals surface area contributed by atoms with Gasteiger partial charge < -0.3 is 4.74 Å². The number of hydrogen-bond acceptors (Lipinski definition) is 3. The zero-order valence-electron chi connectivity index (χ0n) is 11.4. The minimum absolute atomic E-state index is 0.351. The molecule has 0 radical (unpaired) electrons. The summed E-state index contributed by atoms with van der Waals surface area (Å²) >= 11 is 0. The van der Waals surface area contributed by atoms with E-state index in [0.717, 1.165) is 17.5 Å². The lowest BCUT2D eigenvalue weighted by Crippen LogP contribution is -2.01. The molecule has 98 valence electrons. The smallest absolute Gasteiger partial charge is 0.172 e. The largest absolute Gasteiger partial charge is 0.487 e. The number of benzene rings is 1. The standard InChI is InChI=1S/C16H17NO2/c1-11-6-12(2)8-14(7-11)10-19-16-5-4-13(3)17-15(16)9-18/h4-9H,10H2,1-3H3. The van der Waals surface area contributed by atoms with E-state index < -0.39 is 0 Å². The number of aldehydes is 1. The maximum atomic E-state index is 11.0. The van der Waals surface area contributed by atoms with Crippen molar-refractivity contribution in [2.24, 2.45) is 0 Å². The van der Waals surface area contributed by atoms with Gasteiger partial charge in [0.15, 0.2) is 6.29 Å². The molecule has 0 bridgehead atoms. The molecule has 0 spiro atoms. The molecule has 0 saturated carbocycles. The maximum Gasteiger partial charge on any atom is 0.172 e. The number of aryl methyl sites for hydroxylation is 3. The van der Waals surface area contributed by atoms with Crippen LogP contribution in [0.4, 0.5) is 0 Å². The van der Waals surface area contributed by atoms with Gasteiger partial charge >= 0.3 is 0 Å². The van der Waals surface area contributed by atoms with Gasteiger partial charge in [-0.1, -0.05) is 29.3 Å². The summed E-state index contributed by atoms with van der Waals surface area (Å²) in [6.45, 7) is 6.40. The molecule has 1 aromatic heterocycles. The number of carbonyl (C=O) groups is 1. The van der Waals surface area contributed by atoms with E-state index in [1.165, 1.54) is 11.1 Å². The Hall–Kier alpha value is -2.16. The Morgan fingerprint density at radius 1 is 1.11 bits per heavy atom. The van der Waals surface area contributed by atoms with Crippen LogP contribution in [0.25, 0.3) is 0 Å². The summed E-state index contributed by atoms with van der Waals surface area (Å²) in [4.78, 5) is 15.1. The lowest BCUT2D eigenvalue weighted by atomic mass is 10.1. The zero-order valence-corrected chi connectivity index (χ0v) is 11.4. The molecule has 0 aliphatic heterocycles. The van der Waals surface area contributed by atoms with Crippen LogP contribution in [-0.4, -0.2) is 11.3 Å². The molecule has 0 aliphatic carbocycles. The molecule has 1 heterocycles. The molecule has 0 saturated heterocycles. The summed E-state index contributed by atoms with van der Waals surface area (Å²) in [6.07, 6.45) is 0.726. The van der Waals surface area contributed by atoms with Crippen LogP contribution in [-0.2, 0) is 6.61 Å². The molecule has 0 N–H and O–H groups in total. The predicted octanol–water partition coefficient (Wildman–Crippen LogP) is 3.40. The third-order valence-electron chi connectivity index (χ3n) is 2.81. The van der Waals surface area contributed by atoms with Gasteiger partial charge in [0, 0.05) is 5.69 Å². The van der Waals surface area contributed by atoms with Gasteiger partial charge in [-0.05, 0) is 38.5 Å². The topological polar surface area (TPSA) is 39.2 Å². The van der Waals surface area contributed by atoms with E-state index in [4.69, 9.17) is 4.74 Å². The summed E-state index contributed by atoms with van der Waals surface area (Å²) < 4.78 is 5.69. The number of aromatic nitrogens is 1. The first kappa shape index (κ1) is 13.3. The highest BCUT2D eigenvalue weighted by molar-refractivity contribution is 5.76. The summed E-state index contributed by atoms with van der Waals surface area (Å²) in [5.74, 6) is 0.528. The molecule has 2 aromatic rings. The van der Waals surface area contributed by atoms with Crippen molar-refractivity contribution in [2.75, 3.05) is 0 Å². The van der Waals surface area contributed by atoms with Crippen molar-refractivity contribution < 1.29 is 9.53 Å². The lowest BCUT2D eigenvalue weighted by Gasteiger charge is -2.09. The quantitative estimate of drug-likeness (QED) is 0.786. The average Bonchev–Trinajstić information content (AvgIpc) is 2.36. The first-order valence-electron chi connectivity index (χ1n) is 6.21. The van der Waals surface area contributed by atoms with E-state index in [1.807, 2.05) is 13.0 Å². The number of hydrogen-bond donors (Lipinski definition) is 0. The fraction of sp³-hybridized carbons (Fsp3) is 0.250. The molecular weight excluding hydrogens is 238 g/mol. The van der Waals surface area contributed by atoms with Gasteiger partial charge in [0.05, 0.1) is 0 Å². The van der Waals surface area contributed by atoms with Gasteiger partial charge in [-0.15, -0.1) is 0 Å². The van der Waals surface area contributed by atoms with E-state index in [-0.39, 0.29) is 0 Å². The molecule has 0 fully saturated rings. The highest BCUT2D eigenvalue weighted by atomic mass is 16.5. The third-order valence-corrected chi connectivity index (χ3v) is 2.81. The summed E-state index contributed by atoms with van der Waals surface area (Å²) in [5.41, 5.74) is 4.66. The third kappa shape index (κ3) is 3.41. The van der Waals surface area contributed by atoms with Crippen LogP contribution in [0.15, 0.2) is 30.3 Å². The molecule has 0 unspecified atom stereocenters. The summed E-state index contributed by atoms with van der Waals surface area (Å²) in [6, 6.07) is 9.90. The van der Waals surface area contributed by atoms with E-state index in [2.05, 4.69) is 37.0 Å². The van der Waals surface area contributed by atoms with Crippen LogP contribution in [0.5, 0.6) is 5.75 Å². The van der Waals surface area contributed by atoms with Crippen molar-refractivity contribution in [3.63, 3.8) is 0 Å². The van der Waals surface area contributed by atoms with Gasteiger partial charge in [0.1, 0.15) is 18.1 Å². The maximum absolute atomic E-state index is 11.0. The molecule has 3 nitrogen and oxygen atoms in total. The Kier molecular flexibility index (Phi) is 3.95. The van der Waals surface area contributed by atoms with Crippen molar-refractivity contribution in [1.29, 1.82) is 0 Å². The average molecular weight is 255 g/mol. The van der Waals surface area contributed by atoms with Crippen molar-refractivity contribution in [3.8, 4) is 5.75 Å². The van der Waals surface area contributed by atoms with E-state index in [9.17, 15) is 4.79 Å². The van der Waals surface area contributed by atoms with Gasteiger partial charge in [0.2, 0.25) is 0 Å². The van der Waals surface area contributed by atoms with Crippen LogP contribution >= 0.6 is 0 Å². The predicted molar refractivity (Wildman–Crippen MR) is 74.6 cm³/mol. The monoisotopic (exact) mass is 255 g/mol. The first-order chi connectivity index (χ1) is 9.08. The van der Waals surface area contributed by atoms with Gasteiger partial charge in [-0.2, -0.15) is 0 Å². The zero-order chi connectivity index (χ0) is 13.8. The van der Waals surface area contributed by atoms with Crippen molar-refractivity contribution in [1.82, 2.24) is 4.98 Å². The van der Waals surface area contributed by atoms with Crippen LogP contribution in [0, 0.1) is 20.8 Å². The number of ether oxygens (including phenoxy) is 1. The van der Waals surface area contributed by atoms with Crippen LogP contribution < -0.4 is 4.74 Å². The van der Waals surface area contributed by atoms with E-state index in [0.29, 0.717) is 18.1 Å². The Bertz CT molecular complexity index is 585. The normalized spacial score (nSPS) is 10.3. The highest BCUT2D eigenvalue weighted by Gasteiger charge is 2.05. The van der Waals surface area contributed by atoms with Gasteiger partial charge in [-0.25, -0.2) is 4.98 Å². The van der Waals surface area contributed by atoms with Crippen LogP contribution in [0.3, 0.4) is 0 Å². The second-order valence-corrected chi connectivity index (χ2v) is 4.74. The van der Waals surface area contributed by atoms with E-state index >= 15 is 0 Å². The minimum Gasteiger partial charge on any atom is -0.487 e. The van der Waals surface area contributed by atoms with Gasteiger partial charge in [0.25, 0.3) is 0 Å². The second-order valence-electron chi connectivity index (χ2n) is 4.74. The highest BCUT2D eigenvalue weighted by Crippen LogP contribution is 2.18. The SMILES string of the molecule is Cc1cc(C)cc(COc2ccc(C)nc2C=O)c1. The Labute approximate surface area is 113 Å². The van der Waals surface area contributed by atoms with E-state index in [1.54, 1.807) is 6.07 Å². The minimum atomic E-state index is 0.351.